The summed E-state index contributed by atoms with van der Waals surface area (Å²) < 4.78 is 13.0. The number of hydrogen-bond donors (Lipinski definition) is 1. The van der Waals surface area contributed by atoms with Gasteiger partial charge in [0, 0.05) is 31.2 Å². The van der Waals surface area contributed by atoms with E-state index in [4.69, 9.17) is 0 Å². The first kappa shape index (κ1) is 16.7. The van der Waals surface area contributed by atoms with Gasteiger partial charge in [-0.05, 0) is 49.9 Å². The maximum absolute atomic E-state index is 13.0. The van der Waals surface area contributed by atoms with E-state index >= 15 is 0 Å². The Morgan fingerprint density at radius 3 is 2.75 bits per heavy atom. The third kappa shape index (κ3) is 3.52. The molecule has 2 saturated heterocycles. The van der Waals surface area contributed by atoms with Crippen molar-refractivity contribution in [3.8, 4) is 0 Å². The Morgan fingerprint density at radius 1 is 1.29 bits per heavy atom. The summed E-state index contributed by atoms with van der Waals surface area (Å²) in [5.41, 5.74) is 0.669. The van der Waals surface area contributed by atoms with Crippen LogP contribution in [0.1, 0.15) is 39.0 Å². The summed E-state index contributed by atoms with van der Waals surface area (Å²) in [6.07, 6.45) is 4.50. The number of nitrogens with one attached hydrogen (secondary N) is 1. The topological polar surface area (TPSA) is 52.7 Å². The second kappa shape index (κ2) is 7.20. The van der Waals surface area contributed by atoms with Crippen molar-refractivity contribution < 1.29 is 14.0 Å². The smallest absolute Gasteiger partial charge is 0.317 e. The second-order valence-electron chi connectivity index (χ2n) is 6.58. The number of likely N-dealkylation sites (tertiary alicyclic amines) is 1. The summed E-state index contributed by atoms with van der Waals surface area (Å²) in [7, 11) is 0. The Bertz CT molecular complexity index is 605. The van der Waals surface area contributed by atoms with E-state index in [0.717, 1.165) is 25.8 Å². The fourth-order valence-electron chi connectivity index (χ4n) is 3.62. The molecule has 5 nitrogen and oxygen atoms in total. The van der Waals surface area contributed by atoms with E-state index in [9.17, 15) is 14.0 Å². The second-order valence-corrected chi connectivity index (χ2v) is 6.58. The van der Waals surface area contributed by atoms with Crippen molar-refractivity contribution in [3.05, 3.63) is 30.1 Å². The number of halogens is 1. The Balaban J connectivity index is 1.61. The van der Waals surface area contributed by atoms with E-state index in [2.05, 4.69) is 12.2 Å². The SMILES string of the molecule is CC[C@H]1CCCCN1C(=O)N[C@H]1CC(=O)N(c2ccc(F)cc2)C1. The molecule has 1 aromatic carbocycles. The summed E-state index contributed by atoms with van der Waals surface area (Å²) >= 11 is 0. The molecule has 0 unspecified atom stereocenters. The molecule has 2 heterocycles. The number of urea groups is 1. The zero-order valence-corrected chi connectivity index (χ0v) is 14.0. The Labute approximate surface area is 141 Å². The number of rotatable bonds is 3. The molecule has 2 atom stereocenters. The Hall–Kier alpha value is -2.11. The van der Waals surface area contributed by atoms with Gasteiger partial charge < -0.3 is 15.1 Å². The van der Waals surface area contributed by atoms with Gasteiger partial charge in [0.15, 0.2) is 0 Å². The average molecular weight is 333 g/mol. The van der Waals surface area contributed by atoms with Gasteiger partial charge in [-0.3, -0.25) is 4.79 Å². The van der Waals surface area contributed by atoms with Crippen LogP contribution in [0.2, 0.25) is 0 Å². The monoisotopic (exact) mass is 333 g/mol. The lowest BCUT2D eigenvalue weighted by atomic mass is 10.0. The highest BCUT2D eigenvalue weighted by atomic mass is 19.1. The Morgan fingerprint density at radius 2 is 2.04 bits per heavy atom. The van der Waals surface area contributed by atoms with Gasteiger partial charge in [-0.25, -0.2) is 9.18 Å². The molecule has 24 heavy (non-hydrogen) atoms. The van der Waals surface area contributed by atoms with Crippen LogP contribution in [0.25, 0.3) is 0 Å². The first-order valence-corrected chi connectivity index (χ1v) is 8.71. The van der Waals surface area contributed by atoms with Crippen LogP contribution in [0, 0.1) is 5.82 Å². The summed E-state index contributed by atoms with van der Waals surface area (Å²) in [6, 6.07) is 5.89. The standard InChI is InChI=1S/C18H24FN3O2/c1-2-15-5-3-4-10-21(15)18(24)20-14-11-17(23)22(12-14)16-8-6-13(19)7-9-16/h6-9,14-15H,2-5,10-12H2,1H3,(H,20,24)/t14-,15-/m0/s1. The minimum Gasteiger partial charge on any atom is -0.333 e. The summed E-state index contributed by atoms with van der Waals surface area (Å²) in [6.45, 7) is 3.32. The van der Waals surface area contributed by atoms with Crippen LogP contribution in [0.3, 0.4) is 0 Å². The highest BCUT2D eigenvalue weighted by Gasteiger charge is 2.34. The van der Waals surface area contributed by atoms with Crippen molar-refractivity contribution in [2.45, 2.75) is 51.1 Å². The molecule has 2 fully saturated rings. The van der Waals surface area contributed by atoms with Crippen LogP contribution in [-0.4, -0.2) is 42.0 Å². The van der Waals surface area contributed by atoms with E-state index < -0.39 is 0 Å². The minimum absolute atomic E-state index is 0.0439. The van der Waals surface area contributed by atoms with E-state index in [-0.39, 0.29) is 30.2 Å². The molecule has 0 bridgehead atoms. The van der Waals surface area contributed by atoms with E-state index in [1.165, 1.54) is 18.6 Å². The van der Waals surface area contributed by atoms with E-state index in [0.29, 0.717) is 18.3 Å². The molecule has 2 aliphatic rings. The maximum atomic E-state index is 13.0. The molecule has 0 saturated carbocycles. The highest BCUT2D eigenvalue weighted by molar-refractivity contribution is 5.96. The first-order valence-electron chi connectivity index (χ1n) is 8.71. The molecule has 0 spiro atoms. The molecular formula is C18H24FN3O2. The van der Waals surface area contributed by atoms with Crippen LogP contribution < -0.4 is 10.2 Å². The molecule has 3 amide bonds. The normalized spacial score (nSPS) is 24.3. The van der Waals surface area contributed by atoms with Crippen molar-refractivity contribution in [3.63, 3.8) is 0 Å². The minimum atomic E-state index is -0.328. The van der Waals surface area contributed by atoms with E-state index in [1.807, 2.05) is 4.90 Å². The fourth-order valence-corrected chi connectivity index (χ4v) is 3.62. The number of carbonyl (C=O) groups excluding carboxylic acids is 2. The largest absolute Gasteiger partial charge is 0.333 e. The average Bonchev–Trinajstić information content (AvgIpc) is 2.95. The predicted octanol–water partition coefficient (Wildman–Crippen LogP) is 2.91. The zero-order chi connectivity index (χ0) is 17.1. The Kier molecular flexibility index (Phi) is 5.02. The fraction of sp³-hybridized carbons (Fsp3) is 0.556. The molecule has 0 aliphatic carbocycles. The number of carbonyl (C=O) groups is 2. The molecular weight excluding hydrogens is 309 g/mol. The van der Waals surface area contributed by atoms with Gasteiger partial charge in [-0.1, -0.05) is 6.92 Å². The quantitative estimate of drug-likeness (QED) is 0.925. The van der Waals surface area contributed by atoms with Crippen LogP contribution in [0.15, 0.2) is 24.3 Å². The van der Waals surface area contributed by atoms with Crippen molar-refractivity contribution >= 4 is 17.6 Å². The van der Waals surface area contributed by atoms with Crippen LogP contribution >= 0.6 is 0 Å². The molecule has 130 valence electrons. The van der Waals surface area contributed by atoms with Crippen LogP contribution in [0.4, 0.5) is 14.9 Å². The van der Waals surface area contributed by atoms with Crippen molar-refractivity contribution in [1.29, 1.82) is 0 Å². The van der Waals surface area contributed by atoms with Crippen molar-refractivity contribution in [1.82, 2.24) is 10.2 Å². The van der Waals surface area contributed by atoms with E-state index in [1.54, 1.807) is 17.0 Å². The lowest BCUT2D eigenvalue weighted by molar-refractivity contribution is -0.117. The van der Waals surface area contributed by atoms with Crippen molar-refractivity contribution in [2.75, 3.05) is 18.0 Å². The number of anilines is 1. The first-order chi connectivity index (χ1) is 11.6. The summed E-state index contributed by atoms with van der Waals surface area (Å²) in [5.74, 6) is -0.372. The highest BCUT2D eigenvalue weighted by Crippen LogP contribution is 2.23. The lowest BCUT2D eigenvalue weighted by Crippen LogP contribution is -2.51. The van der Waals surface area contributed by atoms with Gasteiger partial charge in [0.25, 0.3) is 0 Å². The van der Waals surface area contributed by atoms with Gasteiger partial charge in [-0.2, -0.15) is 0 Å². The molecule has 6 heteroatoms. The molecule has 3 rings (SSSR count). The number of piperidine rings is 1. The summed E-state index contributed by atoms with van der Waals surface area (Å²) in [5, 5.41) is 3.00. The molecule has 0 aromatic heterocycles. The zero-order valence-electron chi connectivity index (χ0n) is 14.0. The molecule has 1 aromatic rings. The molecule has 0 radical (unpaired) electrons. The van der Waals surface area contributed by atoms with Crippen LogP contribution in [0.5, 0.6) is 0 Å². The number of benzene rings is 1. The van der Waals surface area contributed by atoms with Gasteiger partial charge in [0.2, 0.25) is 5.91 Å². The predicted molar refractivity (Wildman–Crippen MR) is 90.3 cm³/mol. The number of amides is 3. The third-order valence-corrected chi connectivity index (χ3v) is 4.95. The van der Waals surface area contributed by atoms with Crippen molar-refractivity contribution in [2.24, 2.45) is 0 Å². The molecule has 2 aliphatic heterocycles. The van der Waals surface area contributed by atoms with Gasteiger partial charge >= 0.3 is 6.03 Å². The van der Waals surface area contributed by atoms with Gasteiger partial charge in [0.05, 0.1) is 6.04 Å². The lowest BCUT2D eigenvalue weighted by Gasteiger charge is -2.35. The number of hydrogen-bond acceptors (Lipinski definition) is 2. The van der Waals surface area contributed by atoms with Crippen LogP contribution in [-0.2, 0) is 4.79 Å². The van der Waals surface area contributed by atoms with Gasteiger partial charge in [-0.15, -0.1) is 0 Å². The number of nitrogens with zero attached hydrogens (tertiary/aromatic N) is 2. The van der Waals surface area contributed by atoms with Gasteiger partial charge in [0.1, 0.15) is 5.82 Å². The summed E-state index contributed by atoms with van der Waals surface area (Å²) in [4.78, 5) is 28.3. The third-order valence-electron chi connectivity index (χ3n) is 4.95. The molecule has 1 N–H and O–H groups in total. The maximum Gasteiger partial charge on any atom is 0.317 e.